The van der Waals surface area contributed by atoms with Crippen molar-refractivity contribution in [2.45, 2.75) is 20.8 Å². The van der Waals surface area contributed by atoms with Gasteiger partial charge in [0.2, 0.25) is 5.91 Å². The third kappa shape index (κ3) is 3.09. The molecule has 0 bridgehead atoms. The van der Waals surface area contributed by atoms with Gasteiger partial charge in [-0.2, -0.15) is 5.10 Å². The smallest absolute Gasteiger partial charge is 0.236 e. The first-order valence-corrected chi connectivity index (χ1v) is 4.61. The summed E-state index contributed by atoms with van der Waals surface area (Å²) in [5.41, 5.74) is 4.56. The Morgan fingerprint density at radius 3 is 2.67 bits per heavy atom. The molecule has 4 heteroatoms. The molecule has 0 aromatic heterocycles. The Balaban J connectivity index is 2.99. The minimum Gasteiger partial charge on any atom is -0.507 e. The highest BCUT2D eigenvalue weighted by Gasteiger charge is 2.04. The highest BCUT2D eigenvalue weighted by Crippen LogP contribution is 2.18. The molecule has 80 valence electrons. The van der Waals surface area contributed by atoms with Gasteiger partial charge in [-0.1, -0.05) is 11.6 Å². The molecule has 1 amide bonds. The number of aryl methyl sites for hydroxylation is 1. The number of amides is 1. The molecule has 1 aromatic rings. The van der Waals surface area contributed by atoms with Crippen LogP contribution in [0.1, 0.15) is 25.0 Å². The van der Waals surface area contributed by atoms with E-state index in [0.717, 1.165) is 5.56 Å². The monoisotopic (exact) mass is 206 g/mol. The van der Waals surface area contributed by atoms with Crippen molar-refractivity contribution in [3.05, 3.63) is 29.3 Å². The quantitative estimate of drug-likeness (QED) is 0.569. The second-order valence-corrected chi connectivity index (χ2v) is 3.39. The van der Waals surface area contributed by atoms with Gasteiger partial charge >= 0.3 is 0 Å². The van der Waals surface area contributed by atoms with Crippen LogP contribution in [0.4, 0.5) is 0 Å². The predicted molar refractivity (Wildman–Crippen MR) is 58.9 cm³/mol. The van der Waals surface area contributed by atoms with Crippen molar-refractivity contribution in [1.29, 1.82) is 0 Å². The first-order chi connectivity index (χ1) is 7.00. The third-order valence-electron chi connectivity index (χ3n) is 1.92. The number of rotatable bonds is 2. The van der Waals surface area contributed by atoms with Gasteiger partial charge in [0.05, 0.1) is 5.71 Å². The van der Waals surface area contributed by atoms with Crippen molar-refractivity contribution in [1.82, 2.24) is 5.43 Å². The number of aromatic hydroxyl groups is 1. The van der Waals surface area contributed by atoms with Crippen molar-refractivity contribution >= 4 is 11.6 Å². The molecule has 0 aliphatic rings. The zero-order valence-electron chi connectivity index (χ0n) is 9.03. The highest BCUT2D eigenvalue weighted by atomic mass is 16.3. The van der Waals surface area contributed by atoms with Crippen LogP contribution in [0.5, 0.6) is 5.75 Å². The molecule has 0 atom stereocenters. The predicted octanol–water partition coefficient (Wildman–Crippen LogP) is 1.56. The summed E-state index contributed by atoms with van der Waals surface area (Å²) in [6, 6.07) is 5.23. The summed E-state index contributed by atoms with van der Waals surface area (Å²) in [6.45, 7) is 5.03. The van der Waals surface area contributed by atoms with Crippen LogP contribution in [0.2, 0.25) is 0 Å². The second-order valence-electron chi connectivity index (χ2n) is 3.39. The van der Waals surface area contributed by atoms with Crippen LogP contribution in [0.3, 0.4) is 0 Å². The summed E-state index contributed by atoms with van der Waals surface area (Å²) < 4.78 is 0. The van der Waals surface area contributed by atoms with E-state index in [1.54, 1.807) is 13.0 Å². The van der Waals surface area contributed by atoms with Crippen molar-refractivity contribution in [3.8, 4) is 5.75 Å². The van der Waals surface area contributed by atoms with E-state index in [1.807, 2.05) is 19.1 Å². The molecule has 2 N–H and O–H groups in total. The van der Waals surface area contributed by atoms with Crippen LogP contribution >= 0.6 is 0 Å². The first kappa shape index (κ1) is 11.2. The second kappa shape index (κ2) is 4.59. The van der Waals surface area contributed by atoms with E-state index in [4.69, 9.17) is 0 Å². The summed E-state index contributed by atoms with van der Waals surface area (Å²) in [4.78, 5) is 10.7. The number of carbonyl (C=O) groups is 1. The summed E-state index contributed by atoms with van der Waals surface area (Å²) in [5.74, 6) is -0.0753. The molecule has 0 radical (unpaired) electrons. The molecule has 0 saturated heterocycles. The molecule has 4 nitrogen and oxygen atoms in total. The Morgan fingerprint density at radius 1 is 1.40 bits per heavy atom. The summed E-state index contributed by atoms with van der Waals surface area (Å²) >= 11 is 0. The van der Waals surface area contributed by atoms with Crippen LogP contribution in [0.25, 0.3) is 0 Å². The van der Waals surface area contributed by atoms with E-state index in [0.29, 0.717) is 11.3 Å². The fourth-order valence-electron chi connectivity index (χ4n) is 1.16. The molecule has 0 saturated carbocycles. The lowest BCUT2D eigenvalue weighted by Crippen LogP contribution is -2.15. The molecule has 1 rings (SSSR count). The number of hydrogen-bond donors (Lipinski definition) is 2. The van der Waals surface area contributed by atoms with E-state index < -0.39 is 0 Å². The topological polar surface area (TPSA) is 61.7 Å². The zero-order chi connectivity index (χ0) is 11.4. The number of phenolic OH excluding ortho intramolecular Hbond substituents is 1. The average molecular weight is 206 g/mol. The van der Waals surface area contributed by atoms with Gasteiger partial charge in [-0.3, -0.25) is 4.79 Å². The Hall–Kier alpha value is -1.84. The molecular formula is C11H14N2O2. The van der Waals surface area contributed by atoms with Crippen LogP contribution in [0, 0.1) is 6.92 Å². The fraction of sp³-hybridized carbons (Fsp3) is 0.273. The lowest BCUT2D eigenvalue weighted by molar-refractivity contribution is -0.118. The summed E-state index contributed by atoms with van der Waals surface area (Å²) in [7, 11) is 0. The number of benzene rings is 1. The van der Waals surface area contributed by atoms with Crippen molar-refractivity contribution < 1.29 is 9.90 Å². The van der Waals surface area contributed by atoms with E-state index in [-0.39, 0.29) is 11.7 Å². The molecule has 15 heavy (non-hydrogen) atoms. The third-order valence-corrected chi connectivity index (χ3v) is 1.92. The van der Waals surface area contributed by atoms with Crippen LogP contribution < -0.4 is 5.43 Å². The molecule has 0 heterocycles. The number of carbonyl (C=O) groups excluding carboxylic acids is 1. The van der Waals surface area contributed by atoms with Gasteiger partial charge in [0.25, 0.3) is 0 Å². The molecule has 0 aliphatic carbocycles. The van der Waals surface area contributed by atoms with Crippen molar-refractivity contribution in [3.63, 3.8) is 0 Å². The number of phenols is 1. The van der Waals surface area contributed by atoms with Gasteiger partial charge in [-0.25, -0.2) is 5.43 Å². The first-order valence-electron chi connectivity index (χ1n) is 4.61. The Bertz CT molecular complexity index is 411. The molecule has 0 unspecified atom stereocenters. The minimum atomic E-state index is -0.235. The SMILES string of the molecule is CC(=O)N/N=C(\C)c1cc(C)ccc1O. The Morgan fingerprint density at radius 2 is 2.07 bits per heavy atom. The van der Waals surface area contributed by atoms with Crippen molar-refractivity contribution in [2.24, 2.45) is 5.10 Å². The van der Waals surface area contributed by atoms with E-state index in [1.165, 1.54) is 6.92 Å². The van der Waals surface area contributed by atoms with Crippen LogP contribution in [0.15, 0.2) is 23.3 Å². The summed E-state index contributed by atoms with van der Waals surface area (Å²) in [5, 5.41) is 13.4. The van der Waals surface area contributed by atoms with Crippen molar-refractivity contribution in [2.75, 3.05) is 0 Å². The Labute approximate surface area is 88.6 Å². The van der Waals surface area contributed by atoms with Gasteiger partial charge in [0, 0.05) is 12.5 Å². The molecule has 0 aliphatic heterocycles. The number of nitrogens with zero attached hydrogens (tertiary/aromatic N) is 1. The number of nitrogens with one attached hydrogen (secondary N) is 1. The van der Waals surface area contributed by atoms with E-state index in [2.05, 4.69) is 10.5 Å². The largest absolute Gasteiger partial charge is 0.507 e. The Kier molecular flexibility index (Phi) is 3.44. The van der Waals surface area contributed by atoms with Gasteiger partial charge in [-0.15, -0.1) is 0 Å². The highest BCUT2D eigenvalue weighted by molar-refractivity contribution is 6.01. The van der Waals surface area contributed by atoms with E-state index >= 15 is 0 Å². The maximum atomic E-state index is 10.7. The standard InChI is InChI=1S/C11H14N2O2/c1-7-4-5-11(15)10(6-7)8(2)12-13-9(3)14/h4-6,15H,1-3H3,(H,13,14)/b12-8+. The molecule has 1 aromatic carbocycles. The van der Waals surface area contributed by atoms with Crippen LogP contribution in [-0.4, -0.2) is 16.7 Å². The summed E-state index contributed by atoms with van der Waals surface area (Å²) in [6.07, 6.45) is 0. The lowest BCUT2D eigenvalue weighted by atomic mass is 10.1. The molecule has 0 fully saturated rings. The number of hydrazone groups is 1. The van der Waals surface area contributed by atoms with Gasteiger partial charge in [-0.05, 0) is 26.0 Å². The average Bonchev–Trinajstić information content (AvgIpc) is 2.18. The fourth-order valence-corrected chi connectivity index (χ4v) is 1.16. The van der Waals surface area contributed by atoms with E-state index in [9.17, 15) is 9.90 Å². The molecule has 0 spiro atoms. The van der Waals surface area contributed by atoms with Crippen LogP contribution in [-0.2, 0) is 4.79 Å². The maximum Gasteiger partial charge on any atom is 0.236 e. The minimum absolute atomic E-state index is 0.159. The van der Waals surface area contributed by atoms with Gasteiger partial charge < -0.3 is 5.11 Å². The normalized spacial score (nSPS) is 11.3. The van der Waals surface area contributed by atoms with Gasteiger partial charge in [0.1, 0.15) is 5.75 Å². The lowest BCUT2D eigenvalue weighted by Gasteiger charge is -2.05. The van der Waals surface area contributed by atoms with Gasteiger partial charge in [0.15, 0.2) is 0 Å². The number of hydrogen-bond acceptors (Lipinski definition) is 3. The molecular weight excluding hydrogens is 192 g/mol. The zero-order valence-corrected chi connectivity index (χ0v) is 9.03. The maximum absolute atomic E-state index is 10.7.